The van der Waals surface area contributed by atoms with Gasteiger partial charge in [-0.1, -0.05) is 58.7 Å². The predicted molar refractivity (Wildman–Crippen MR) is 133 cm³/mol. The smallest absolute Gasteiger partial charge is 0.265 e. The molecule has 1 aliphatic rings. The monoisotopic (exact) mass is 511 g/mol. The van der Waals surface area contributed by atoms with Crippen LogP contribution in [-0.2, 0) is 22.6 Å². The van der Waals surface area contributed by atoms with Gasteiger partial charge in [-0.3, -0.25) is 14.5 Å². The van der Waals surface area contributed by atoms with Crippen molar-refractivity contribution in [3.05, 3.63) is 98.4 Å². The fourth-order valence-corrected chi connectivity index (χ4v) is 5.25. The summed E-state index contributed by atoms with van der Waals surface area (Å²) in [4.78, 5) is 27.9. The molecule has 1 saturated heterocycles. The van der Waals surface area contributed by atoms with Crippen molar-refractivity contribution in [3.8, 4) is 6.07 Å². The summed E-state index contributed by atoms with van der Waals surface area (Å²) in [7, 11) is 0. The molecule has 3 aromatic rings. The zero-order valence-corrected chi connectivity index (χ0v) is 20.4. The highest BCUT2D eigenvalue weighted by Gasteiger charge is 2.41. The van der Waals surface area contributed by atoms with Crippen LogP contribution in [0.3, 0.4) is 0 Å². The second-order valence-corrected chi connectivity index (χ2v) is 9.64. The highest BCUT2D eigenvalue weighted by molar-refractivity contribution is 8.05. The van der Waals surface area contributed by atoms with Gasteiger partial charge in [0.1, 0.15) is 22.4 Å². The third-order valence-corrected chi connectivity index (χ3v) is 7.07. The Labute approximate surface area is 211 Å². The van der Waals surface area contributed by atoms with Crippen LogP contribution in [0, 0.1) is 18.3 Å². The second kappa shape index (κ2) is 10.4. The number of aryl methyl sites for hydroxylation is 1. The number of nitrogens with one attached hydrogen (secondary N) is 1. The molecule has 1 aromatic heterocycles. The maximum Gasteiger partial charge on any atom is 0.265 e. The molecule has 0 spiro atoms. The fourth-order valence-electron chi connectivity index (χ4n) is 3.47. The number of anilines is 1. The van der Waals surface area contributed by atoms with Gasteiger partial charge < -0.3 is 9.73 Å². The van der Waals surface area contributed by atoms with Crippen molar-refractivity contribution >= 4 is 52.5 Å². The summed E-state index contributed by atoms with van der Waals surface area (Å²) < 4.78 is 5.24. The van der Waals surface area contributed by atoms with Crippen molar-refractivity contribution in [1.29, 1.82) is 5.26 Å². The summed E-state index contributed by atoms with van der Waals surface area (Å²) in [6.45, 7) is 2.06. The van der Waals surface area contributed by atoms with Crippen molar-refractivity contribution in [2.75, 3.05) is 4.90 Å². The van der Waals surface area contributed by atoms with Crippen LogP contribution in [-0.4, -0.2) is 17.1 Å². The molecule has 4 rings (SSSR count). The lowest BCUT2D eigenvalue weighted by Gasteiger charge is -2.19. The van der Waals surface area contributed by atoms with Gasteiger partial charge in [0.25, 0.3) is 5.91 Å². The van der Waals surface area contributed by atoms with Crippen LogP contribution in [0.2, 0.25) is 10.0 Å². The van der Waals surface area contributed by atoms with Crippen molar-refractivity contribution < 1.29 is 14.0 Å². The number of amides is 2. The van der Waals surface area contributed by atoms with Gasteiger partial charge in [0, 0.05) is 15.7 Å². The lowest BCUT2D eigenvalue weighted by molar-refractivity contribution is -0.117. The summed E-state index contributed by atoms with van der Waals surface area (Å²) in [5.41, 5.74) is 2.21. The number of carbonyl (C=O) groups excluding carboxylic acids is 2. The molecule has 34 heavy (non-hydrogen) atoms. The minimum Gasteiger partial charge on any atom is -0.467 e. The maximum atomic E-state index is 13.5. The first-order valence-corrected chi connectivity index (χ1v) is 12.0. The Kier molecular flexibility index (Phi) is 7.32. The molecule has 0 bridgehead atoms. The molecule has 2 amide bonds. The molecule has 0 saturated carbocycles. The molecule has 172 valence electrons. The van der Waals surface area contributed by atoms with Crippen LogP contribution in [0.25, 0.3) is 0 Å². The van der Waals surface area contributed by atoms with Crippen molar-refractivity contribution in [3.63, 3.8) is 0 Å². The minimum absolute atomic E-state index is 0.122. The molecule has 9 heteroatoms. The topological polar surface area (TPSA) is 86.3 Å². The molecule has 6 nitrogen and oxygen atoms in total. The van der Waals surface area contributed by atoms with Crippen LogP contribution in [0.1, 0.15) is 16.9 Å². The zero-order chi connectivity index (χ0) is 24.2. The summed E-state index contributed by atoms with van der Waals surface area (Å²) >= 11 is 13.5. The van der Waals surface area contributed by atoms with Gasteiger partial charge in [-0.25, -0.2) is 0 Å². The van der Waals surface area contributed by atoms with E-state index in [0.717, 1.165) is 11.1 Å². The van der Waals surface area contributed by atoms with Gasteiger partial charge in [0.15, 0.2) is 0 Å². The van der Waals surface area contributed by atoms with E-state index in [9.17, 15) is 14.9 Å². The van der Waals surface area contributed by atoms with Crippen LogP contribution in [0.15, 0.2) is 75.9 Å². The number of hydrogen-bond acceptors (Lipinski definition) is 5. The largest absolute Gasteiger partial charge is 0.467 e. The normalized spacial score (nSPS) is 16.9. The van der Waals surface area contributed by atoms with E-state index in [1.54, 1.807) is 42.5 Å². The molecule has 1 fully saturated rings. The Morgan fingerprint density at radius 2 is 1.97 bits per heavy atom. The van der Waals surface area contributed by atoms with Gasteiger partial charge in [0.2, 0.25) is 5.91 Å². The van der Waals surface area contributed by atoms with Crippen LogP contribution in [0.4, 0.5) is 5.69 Å². The summed E-state index contributed by atoms with van der Waals surface area (Å²) in [6.07, 6.45) is 1.82. The van der Waals surface area contributed by atoms with Gasteiger partial charge in [0.05, 0.1) is 18.1 Å². The third kappa shape index (κ3) is 5.15. The molecule has 1 aliphatic heterocycles. The fraction of sp³-hybridized carbons (Fsp3) is 0.160. The Hall–Kier alpha value is -3.18. The molecule has 1 atom stereocenters. The van der Waals surface area contributed by atoms with Gasteiger partial charge >= 0.3 is 0 Å². The first-order valence-electron chi connectivity index (χ1n) is 10.3. The van der Waals surface area contributed by atoms with Crippen molar-refractivity contribution in [2.45, 2.75) is 25.1 Å². The van der Waals surface area contributed by atoms with E-state index < -0.39 is 11.2 Å². The standard InChI is InChI=1S/C25H19Cl2N3O3S/c1-15-4-8-18(9-5-15)30-24(32)22(11-16-6-7-17(26)12-21(16)27)34-25(30)20(13-28)23(31)29-14-19-3-2-10-33-19/h2-10,12,22H,11,14H2,1H3,(H,29,31). The first-order chi connectivity index (χ1) is 16.4. The number of thioether (sulfide) groups is 1. The number of rotatable bonds is 6. The van der Waals surface area contributed by atoms with Crippen LogP contribution >= 0.6 is 35.0 Å². The summed E-state index contributed by atoms with van der Waals surface area (Å²) in [6, 6.07) is 17.9. The highest BCUT2D eigenvalue weighted by Crippen LogP contribution is 2.42. The van der Waals surface area contributed by atoms with E-state index in [-0.39, 0.29) is 23.1 Å². The average molecular weight is 512 g/mol. The van der Waals surface area contributed by atoms with E-state index in [0.29, 0.717) is 27.9 Å². The Morgan fingerprint density at radius 3 is 2.62 bits per heavy atom. The zero-order valence-electron chi connectivity index (χ0n) is 18.0. The third-order valence-electron chi connectivity index (χ3n) is 5.22. The van der Waals surface area contributed by atoms with E-state index in [4.69, 9.17) is 27.6 Å². The highest BCUT2D eigenvalue weighted by atomic mass is 35.5. The SMILES string of the molecule is Cc1ccc(N2C(=O)C(Cc3ccc(Cl)cc3Cl)SC2=C(C#N)C(=O)NCc2ccco2)cc1. The second-order valence-electron chi connectivity index (χ2n) is 7.61. The van der Waals surface area contributed by atoms with Crippen LogP contribution in [0.5, 0.6) is 0 Å². The number of nitrogens with zero attached hydrogens (tertiary/aromatic N) is 2. The molecule has 2 aromatic carbocycles. The first kappa shape index (κ1) is 24.0. The van der Waals surface area contributed by atoms with Crippen molar-refractivity contribution in [2.24, 2.45) is 0 Å². The lowest BCUT2D eigenvalue weighted by atomic mass is 10.1. The van der Waals surface area contributed by atoms with Gasteiger partial charge in [-0.15, -0.1) is 0 Å². The Balaban J connectivity index is 1.69. The number of furan rings is 1. The van der Waals surface area contributed by atoms with Crippen LogP contribution < -0.4 is 10.2 Å². The van der Waals surface area contributed by atoms with E-state index in [1.165, 1.54) is 22.9 Å². The number of hydrogen-bond donors (Lipinski definition) is 1. The number of nitriles is 1. The van der Waals surface area contributed by atoms with E-state index in [2.05, 4.69) is 5.32 Å². The van der Waals surface area contributed by atoms with E-state index in [1.807, 2.05) is 25.1 Å². The maximum absolute atomic E-state index is 13.5. The Morgan fingerprint density at radius 1 is 1.21 bits per heavy atom. The lowest BCUT2D eigenvalue weighted by Crippen LogP contribution is -2.32. The molecule has 1 N–H and O–H groups in total. The quantitative estimate of drug-likeness (QED) is 0.342. The molecule has 2 heterocycles. The number of benzene rings is 2. The molecule has 0 radical (unpaired) electrons. The van der Waals surface area contributed by atoms with Gasteiger partial charge in [-0.2, -0.15) is 5.26 Å². The minimum atomic E-state index is -0.587. The Bertz CT molecular complexity index is 1300. The molecule has 0 aliphatic carbocycles. The number of halogens is 2. The molecule has 1 unspecified atom stereocenters. The summed E-state index contributed by atoms with van der Waals surface area (Å²) in [5, 5.41) is 13.2. The molecular formula is C25H19Cl2N3O3S. The van der Waals surface area contributed by atoms with Gasteiger partial charge in [-0.05, 0) is 55.3 Å². The van der Waals surface area contributed by atoms with Crippen molar-refractivity contribution in [1.82, 2.24) is 5.32 Å². The summed E-state index contributed by atoms with van der Waals surface area (Å²) in [5.74, 6) is -0.269. The van der Waals surface area contributed by atoms with E-state index >= 15 is 0 Å². The predicted octanol–water partition coefficient (Wildman–Crippen LogP) is 5.64. The number of carbonyl (C=O) groups is 2. The average Bonchev–Trinajstić information content (AvgIpc) is 3.44. The molecular weight excluding hydrogens is 493 g/mol.